The molecule has 0 saturated heterocycles. The Balaban J connectivity index is 1.97. The minimum absolute atomic E-state index is 0.0555. The second-order valence-corrected chi connectivity index (χ2v) is 5.21. The molecule has 19 heavy (non-hydrogen) atoms. The van der Waals surface area contributed by atoms with Gasteiger partial charge in [-0.1, -0.05) is 53.7 Å². The van der Waals surface area contributed by atoms with Gasteiger partial charge >= 0.3 is 5.97 Å². The Kier molecular flexibility index (Phi) is 4.76. The Morgan fingerprint density at radius 1 is 1.32 bits per heavy atom. The standard InChI is InChI=1S/C13H11ClN2O2S/c14-10-8-15-13(16-11(10)12(17)18)19-7-6-9-4-2-1-3-5-9/h1-5,8H,6-7H2,(H,17,18). The van der Waals surface area contributed by atoms with Gasteiger partial charge in [-0.25, -0.2) is 14.8 Å². The highest BCUT2D eigenvalue weighted by atomic mass is 35.5. The van der Waals surface area contributed by atoms with E-state index >= 15 is 0 Å². The summed E-state index contributed by atoms with van der Waals surface area (Å²) < 4.78 is 0. The van der Waals surface area contributed by atoms with Gasteiger partial charge in [0.2, 0.25) is 0 Å². The van der Waals surface area contributed by atoms with E-state index in [-0.39, 0.29) is 10.7 Å². The van der Waals surface area contributed by atoms with E-state index in [9.17, 15) is 4.79 Å². The van der Waals surface area contributed by atoms with Crippen molar-refractivity contribution < 1.29 is 9.90 Å². The number of halogens is 1. The Labute approximate surface area is 119 Å². The zero-order chi connectivity index (χ0) is 13.7. The van der Waals surface area contributed by atoms with E-state index in [4.69, 9.17) is 16.7 Å². The van der Waals surface area contributed by atoms with Crippen LogP contribution in [0.2, 0.25) is 5.02 Å². The molecule has 98 valence electrons. The number of carboxylic acids is 1. The van der Waals surface area contributed by atoms with Gasteiger partial charge < -0.3 is 5.11 Å². The molecule has 0 unspecified atom stereocenters. The Morgan fingerprint density at radius 2 is 2.05 bits per heavy atom. The lowest BCUT2D eigenvalue weighted by Crippen LogP contribution is -2.04. The summed E-state index contributed by atoms with van der Waals surface area (Å²) in [7, 11) is 0. The highest BCUT2D eigenvalue weighted by Crippen LogP contribution is 2.19. The maximum atomic E-state index is 10.9. The van der Waals surface area contributed by atoms with E-state index in [1.165, 1.54) is 23.5 Å². The van der Waals surface area contributed by atoms with Gasteiger partial charge in [-0.2, -0.15) is 0 Å². The van der Waals surface area contributed by atoms with Crippen LogP contribution in [0.1, 0.15) is 16.1 Å². The van der Waals surface area contributed by atoms with E-state index in [0.29, 0.717) is 5.16 Å². The average Bonchev–Trinajstić information content (AvgIpc) is 2.41. The molecule has 0 amide bonds. The molecule has 0 aliphatic rings. The SMILES string of the molecule is O=C(O)c1nc(SCCc2ccccc2)ncc1Cl. The molecular weight excluding hydrogens is 284 g/mol. The van der Waals surface area contributed by atoms with E-state index in [0.717, 1.165) is 12.2 Å². The maximum Gasteiger partial charge on any atom is 0.356 e. The predicted molar refractivity (Wildman–Crippen MR) is 74.9 cm³/mol. The Hall–Kier alpha value is -1.59. The van der Waals surface area contributed by atoms with Crippen LogP contribution < -0.4 is 0 Å². The van der Waals surface area contributed by atoms with Gasteiger partial charge in [-0.05, 0) is 12.0 Å². The molecule has 0 saturated carbocycles. The molecule has 0 bridgehead atoms. The van der Waals surface area contributed by atoms with Crippen LogP contribution in [-0.4, -0.2) is 26.8 Å². The number of aryl methyl sites for hydroxylation is 1. The number of hydrogen-bond donors (Lipinski definition) is 1. The van der Waals surface area contributed by atoms with Gasteiger partial charge in [0.25, 0.3) is 0 Å². The lowest BCUT2D eigenvalue weighted by Gasteiger charge is -2.03. The Bertz CT molecular complexity index is 578. The first kappa shape index (κ1) is 13.8. The summed E-state index contributed by atoms with van der Waals surface area (Å²) in [6, 6.07) is 10.0. The molecule has 1 aromatic carbocycles. The van der Waals surface area contributed by atoms with Crippen LogP contribution >= 0.6 is 23.4 Å². The number of rotatable bonds is 5. The fourth-order valence-corrected chi connectivity index (χ4v) is 2.45. The molecule has 0 spiro atoms. The molecule has 6 heteroatoms. The maximum absolute atomic E-state index is 10.9. The third kappa shape index (κ3) is 3.94. The van der Waals surface area contributed by atoms with Gasteiger partial charge in [0.15, 0.2) is 10.9 Å². The van der Waals surface area contributed by atoms with Gasteiger partial charge in [-0.3, -0.25) is 0 Å². The number of carboxylic acid groups (broad SMARTS) is 1. The zero-order valence-electron chi connectivity index (χ0n) is 9.91. The molecule has 0 radical (unpaired) electrons. The number of aromatic nitrogens is 2. The molecule has 1 aromatic heterocycles. The lowest BCUT2D eigenvalue weighted by atomic mass is 10.2. The van der Waals surface area contributed by atoms with Crippen molar-refractivity contribution in [3.05, 3.63) is 52.8 Å². The van der Waals surface area contributed by atoms with Gasteiger partial charge in [-0.15, -0.1) is 0 Å². The summed E-state index contributed by atoms with van der Waals surface area (Å²) in [6.45, 7) is 0. The van der Waals surface area contributed by atoms with Crippen LogP contribution in [-0.2, 0) is 6.42 Å². The van der Waals surface area contributed by atoms with Crippen molar-refractivity contribution in [2.75, 3.05) is 5.75 Å². The first-order chi connectivity index (χ1) is 9.16. The molecular formula is C13H11ClN2O2S. The van der Waals surface area contributed by atoms with Crippen molar-refractivity contribution in [3.8, 4) is 0 Å². The number of thioether (sulfide) groups is 1. The molecule has 0 aliphatic carbocycles. The van der Waals surface area contributed by atoms with E-state index < -0.39 is 5.97 Å². The van der Waals surface area contributed by atoms with Crippen LogP contribution in [0.3, 0.4) is 0 Å². The van der Waals surface area contributed by atoms with Crippen LogP contribution in [0, 0.1) is 0 Å². The third-order valence-corrected chi connectivity index (χ3v) is 3.53. The zero-order valence-corrected chi connectivity index (χ0v) is 11.5. The number of nitrogens with zero attached hydrogens (tertiary/aromatic N) is 2. The summed E-state index contributed by atoms with van der Waals surface area (Å²) >= 11 is 7.12. The summed E-state index contributed by atoms with van der Waals surface area (Å²) in [5.41, 5.74) is 1.07. The van der Waals surface area contributed by atoms with E-state index in [1.54, 1.807) is 0 Å². The molecule has 2 rings (SSSR count). The highest BCUT2D eigenvalue weighted by molar-refractivity contribution is 7.99. The third-order valence-electron chi connectivity index (χ3n) is 2.39. The second kappa shape index (κ2) is 6.54. The van der Waals surface area contributed by atoms with Crippen molar-refractivity contribution in [1.29, 1.82) is 0 Å². The normalized spacial score (nSPS) is 10.4. The van der Waals surface area contributed by atoms with Crippen LogP contribution in [0.15, 0.2) is 41.7 Å². The fraction of sp³-hybridized carbons (Fsp3) is 0.154. The average molecular weight is 295 g/mol. The van der Waals surface area contributed by atoms with Gasteiger partial charge in [0.1, 0.15) is 0 Å². The van der Waals surface area contributed by atoms with Gasteiger partial charge in [0, 0.05) is 5.75 Å². The number of carbonyl (C=O) groups is 1. The number of benzene rings is 1. The Morgan fingerprint density at radius 3 is 2.74 bits per heavy atom. The largest absolute Gasteiger partial charge is 0.476 e. The minimum Gasteiger partial charge on any atom is -0.476 e. The summed E-state index contributed by atoms with van der Waals surface area (Å²) in [4.78, 5) is 18.8. The predicted octanol–water partition coefficient (Wildman–Crippen LogP) is 3.16. The van der Waals surface area contributed by atoms with Crippen LogP contribution in [0.25, 0.3) is 0 Å². The summed E-state index contributed by atoms with van der Waals surface area (Å²) in [5.74, 6) is -0.359. The molecule has 0 fully saturated rings. The first-order valence-corrected chi connectivity index (χ1v) is 6.96. The molecule has 0 atom stereocenters. The first-order valence-electron chi connectivity index (χ1n) is 5.59. The van der Waals surface area contributed by atoms with Crippen LogP contribution in [0.5, 0.6) is 0 Å². The highest BCUT2D eigenvalue weighted by Gasteiger charge is 2.12. The summed E-state index contributed by atoms with van der Waals surface area (Å²) in [6.07, 6.45) is 2.20. The monoisotopic (exact) mass is 294 g/mol. The minimum atomic E-state index is -1.14. The topological polar surface area (TPSA) is 63.1 Å². The number of hydrogen-bond acceptors (Lipinski definition) is 4. The van der Waals surface area contributed by atoms with E-state index in [1.807, 2.05) is 30.3 Å². The molecule has 1 N–H and O–H groups in total. The smallest absolute Gasteiger partial charge is 0.356 e. The molecule has 1 heterocycles. The quantitative estimate of drug-likeness (QED) is 0.678. The van der Waals surface area contributed by atoms with Crippen molar-refractivity contribution in [2.45, 2.75) is 11.6 Å². The van der Waals surface area contributed by atoms with Gasteiger partial charge in [0.05, 0.1) is 11.2 Å². The number of aromatic carboxylic acids is 1. The van der Waals surface area contributed by atoms with Crippen molar-refractivity contribution in [2.24, 2.45) is 0 Å². The van der Waals surface area contributed by atoms with Crippen LogP contribution in [0.4, 0.5) is 0 Å². The lowest BCUT2D eigenvalue weighted by molar-refractivity contribution is 0.0689. The second-order valence-electron chi connectivity index (χ2n) is 3.74. The molecule has 0 aliphatic heterocycles. The molecule has 2 aromatic rings. The van der Waals surface area contributed by atoms with Crippen molar-refractivity contribution >= 4 is 29.3 Å². The fourth-order valence-electron chi connectivity index (χ4n) is 1.48. The van der Waals surface area contributed by atoms with E-state index in [2.05, 4.69) is 9.97 Å². The molecule has 4 nitrogen and oxygen atoms in total. The van der Waals surface area contributed by atoms with Crippen molar-refractivity contribution in [3.63, 3.8) is 0 Å². The van der Waals surface area contributed by atoms with Crippen molar-refractivity contribution in [1.82, 2.24) is 9.97 Å². The summed E-state index contributed by atoms with van der Waals surface area (Å²) in [5, 5.41) is 9.39.